The number of aliphatic hydroxyl groups excluding tert-OH is 1. The fourth-order valence-corrected chi connectivity index (χ4v) is 4.18. The van der Waals surface area contributed by atoms with E-state index < -0.39 is 6.04 Å². The maximum absolute atomic E-state index is 12.6. The summed E-state index contributed by atoms with van der Waals surface area (Å²) in [5, 5.41) is 25.0. The number of methoxy groups -OCH3 is 1. The van der Waals surface area contributed by atoms with Crippen LogP contribution in [0.3, 0.4) is 0 Å². The van der Waals surface area contributed by atoms with Crippen molar-refractivity contribution in [2.75, 3.05) is 24.8 Å². The predicted molar refractivity (Wildman–Crippen MR) is 132 cm³/mol. The molecule has 0 aliphatic rings. The molecule has 9 nitrogen and oxygen atoms in total. The van der Waals surface area contributed by atoms with Gasteiger partial charge in [-0.05, 0) is 55.8 Å². The van der Waals surface area contributed by atoms with Gasteiger partial charge in [-0.25, -0.2) is 0 Å². The molecule has 0 bridgehead atoms. The first-order chi connectivity index (χ1) is 16.4. The number of halogens is 1. The Labute approximate surface area is 206 Å². The molecule has 0 spiro atoms. The van der Waals surface area contributed by atoms with Gasteiger partial charge in [0.05, 0.1) is 19.5 Å². The Kier molecular flexibility index (Phi) is 8.91. The molecule has 1 aromatic heterocycles. The van der Waals surface area contributed by atoms with Crippen LogP contribution >= 0.6 is 23.4 Å². The summed E-state index contributed by atoms with van der Waals surface area (Å²) in [6.07, 6.45) is 0. The number of carbonyl (C=O) groups excluding carboxylic acids is 2. The number of aromatic nitrogens is 3. The van der Waals surface area contributed by atoms with Crippen LogP contribution in [0, 0.1) is 6.92 Å². The third-order valence-electron chi connectivity index (χ3n) is 5.09. The van der Waals surface area contributed by atoms with Crippen molar-refractivity contribution >= 4 is 40.9 Å². The third kappa shape index (κ3) is 6.07. The monoisotopic (exact) mass is 503 g/mol. The van der Waals surface area contributed by atoms with E-state index in [0.29, 0.717) is 39.5 Å². The number of ether oxygens (including phenoxy) is 1. The standard InChI is InChI=1S/C23H26ClN5O4S/c1-4-29-21(19(12-30)26-22(32)15-8-10-16(33-3)11-9-15)27-28-23(29)34-13-20(31)25-18-7-5-6-17(24)14(18)2/h5-11,19,30H,4,12-13H2,1-3H3,(H,25,31)(H,26,32)/t19-/m1/s1. The van der Waals surface area contributed by atoms with E-state index in [2.05, 4.69) is 20.8 Å². The molecule has 2 amide bonds. The van der Waals surface area contributed by atoms with E-state index in [-0.39, 0.29) is 24.2 Å². The fraction of sp³-hybridized carbons (Fsp3) is 0.304. The zero-order valence-corrected chi connectivity index (χ0v) is 20.6. The van der Waals surface area contributed by atoms with E-state index in [1.165, 1.54) is 11.8 Å². The Morgan fingerprint density at radius 2 is 1.94 bits per heavy atom. The minimum atomic E-state index is -0.765. The maximum atomic E-state index is 12.6. The van der Waals surface area contributed by atoms with Gasteiger partial charge in [-0.15, -0.1) is 10.2 Å². The normalized spacial score (nSPS) is 11.7. The number of amides is 2. The highest BCUT2D eigenvalue weighted by atomic mass is 35.5. The van der Waals surface area contributed by atoms with Gasteiger partial charge in [0.2, 0.25) is 5.91 Å². The minimum absolute atomic E-state index is 0.103. The SMILES string of the molecule is CCn1c(SCC(=O)Nc2cccc(Cl)c2C)nnc1[C@@H](CO)NC(=O)c1ccc(OC)cc1. The van der Waals surface area contributed by atoms with Gasteiger partial charge in [-0.3, -0.25) is 9.59 Å². The topological polar surface area (TPSA) is 118 Å². The van der Waals surface area contributed by atoms with Crippen molar-refractivity contribution in [2.45, 2.75) is 31.6 Å². The molecule has 3 N–H and O–H groups in total. The fourth-order valence-electron chi connectivity index (χ4n) is 3.20. The summed E-state index contributed by atoms with van der Waals surface area (Å²) in [5.41, 5.74) is 1.86. The molecule has 34 heavy (non-hydrogen) atoms. The van der Waals surface area contributed by atoms with Crippen LogP contribution < -0.4 is 15.4 Å². The Morgan fingerprint density at radius 3 is 2.59 bits per heavy atom. The van der Waals surface area contributed by atoms with Crippen LogP contribution in [-0.4, -0.2) is 51.2 Å². The highest BCUT2D eigenvalue weighted by Gasteiger charge is 2.23. The Bertz CT molecular complexity index is 1150. The molecule has 0 aliphatic heterocycles. The maximum Gasteiger partial charge on any atom is 0.251 e. The first-order valence-corrected chi connectivity index (χ1v) is 11.9. The number of thioether (sulfide) groups is 1. The molecular weight excluding hydrogens is 478 g/mol. The van der Waals surface area contributed by atoms with Crippen molar-refractivity contribution in [3.05, 3.63) is 64.4 Å². The first-order valence-electron chi connectivity index (χ1n) is 10.5. The lowest BCUT2D eigenvalue weighted by Crippen LogP contribution is -2.32. The molecule has 2 aromatic carbocycles. The average Bonchev–Trinajstić information content (AvgIpc) is 3.26. The summed E-state index contributed by atoms with van der Waals surface area (Å²) < 4.78 is 6.87. The van der Waals surface area contributed by atoms with Crippen molar-refractivity contribution in [1.29, 1.82) is 0 Å². The van der Waals surface area contributed by atoms with Crippen molar-refractivity contribution < 1.29 is 19.4 Å². The largest absolute Gasteiger partial charge is 0.497 e. The molecule has 0 fully saturated rings. The zero-order valence-electron chi connectivity index (χ0n) is 19.0. The van der Waals surface area contributed by atoms with Crippen molar-refractivity contribution in [3.8, 4) is 5.75 Å². The molecule has 0 saturated carbocycles. The van der Waals surface area contributed by atoms with Gasteiger partial charge in [0, 0.05) is 22.8 Å². The van der Waals surface area contributed by atoms with E-state index in [4.69, 9.17) is 16.3 Å². The average molecular weight is 504 g/mol. The number of carbonyl (C=O) groups is 2. The molecule has 1 atom stereocenters. The molecule has 0 unspecified atom stereocenters. The number of hydrogen-bond donors (Lipinski definition) is 3. The number of hydrogen-bond acceptors (Lipinski definition) is 7. The number of benzene rings is 2. The lowest BCUT2D eigenvalue weighted by Gasteiger charge is -2.17. The van der Waals surface area contributed by atoms with Crippen molar-refractivity contribution in [2.24, 2.45) is 0 Å². The van der Waals surface area contributed by atoms with E-state index >= 15 is 0 Å². The van der Waals surface area contributed by atoms with Crippen molar-refractivity contribution in [3.63, 3.8) is 0 Å². The van der Waals surface area contributed by atoms with Crippen LogP contribution in [0.5, 0.6) is 5.75 Å². The molecule has 180 valence electrons. The summed E-state index contributed by atoms with van der Waals surface area (Å²) >= 11 is 7.32. The molecule has 3 aromatic rings. The second-order valence-electron chi connectivity index (χ2n) is 7.27. The van der Waals surface area contributed by atoms with Crippen LogP contribution in [0.25, 0.3) is 0 Å². The third-order valence-corrected chi connectivity index (χ3v) is 6.46. The van der Waals surface area contributed by atoms with Crippen LogP contribution in [0.2, 0.25) is 5.02 Å². The van der Waals surface area contributed by atoms with Gasteiger partial charge in [-0.1, -0.05) is 29.4 Å². The highest BCUT2D eigenvalue weighted by molar-refractivity contribution is 7.99. The van der Waals surface area contributed by atoms with Gasteiger partial charge in [0.1, 0.15) is 11.8 Å². The number of rotatable bonds is 10. The lowest BCUT2D eigenvalue weighted by atomic mass is 10.2. The van der Waals surface area contributed by atoms with Gasteiger partial charge < -0.3 is 25.0 Å². The number of nitrogens with one attached hydrogen (secondary N) is 2. The number of anilines is 1. The second kappa shape index (κ2) is 11.9. The number of nitrogens with zero attached hydrogens (tertiary/aromatic N) is 3. The van der Waals surface area contributed by atoms with E-state index in [0.717, 1.165) is 5.56 Å². The van der Waals surface area contributed by atoms with E-state index in [9.17, 15) is 14.7 Å². The molecule has 3 rings (SSSR count). The van der Waals surface area contributed by atoms with Gasteiger partial charge in [0.25, 0.3) is 5.91 Å². The van der Waals surface area contributed by atoms with Crippen LogP contribution in [0.15, 0.2) is 47.6 Å². The van der Waals surface area contributed by atoms with Crippen LogP contribution in [0.1, 0.15) is 34.7 Å². The lowest BCUT2D eigenvalue weighted by molar-refractivity contribution is -0.113. The summed E-state index contributed by atoms with van der Waals surface area (Å²) in [7, 11) is 1.55. The van der Waals surface area contributed by atoms with Gasteiger partial charge >= 0.3 is 0 Å². The molecular formula is C23H26ClN5O4S. The number of aliphatic hydroxyl groups is 1. The summed E-state index contributed by atoms with van der Waals surface area (Å²) in [6, 6.07) is 11.2. The first kappa shape index (κ1) is 25.5. The van der Waals surface area contributed by atoms with Crippen molar-refractivity contribution in [1.82, 2.24) is 20.1 Å². The molecule has 0 saturated heterocycles. The Balaban J connectivity index is 1.67. The van der Waals surface area contributed by atoms with Crippen LogP contribution in [-0.2, 0) is 11.3 Å². The smallest absolute Gasteiger partial charge is 0.251 e. The Morgan fingerprint density at radius 1 is 1.21 bits per heavy atom. The molecule has 11 heteroatoms. The quantitative estimate of drug-likeness (QED) is 0.362. The zero-order chi connectivity index (χ0) is 24.7. The second-order valence-corrected chi connectivity index (χ2v) is 8.62. The summed E-state index contributed by atoms with van der Waals surface area (Å²) in [5.74, 6) is 0.566. The predicted octanol–water partition coefficient (Wildman–Crippen LogP) is 3.46. The molecule has 1 heterocycles. The highest BCUT2D eigenvalue weighted by Crippen LogP contribution is 2.25. The summed E-state index contributed by atoms with van der Waals surface area (Å²) in [4.78, 5) is 25.1. The molecule has 0 radical (unpaired) electrons. The van der Waals surface area contributed by atoms with Gasteiger partial charge in [-0.2, -0.15) is 0 Å². The van der Waals surface area contributed by atoms with Crippen LogP contribution in [0.4, 0.5) is 5.69 Å². The van der Waals surface area contributed by atoms with Gasteiger partial charge in [0.15, 0.2) is 11.0 Å². The Hall–Kier alpha value is -3.08. The van der Waals surface area contributed by atoms with E-state index in [1.807, 2.05) is 13.8 Å². The minimum Gasteiger partial charge on any atom is -0.497 e. The molecule has 0 aliphatic carbocycles. The van der Waals surface area contributed by atoms with E-state index in [1.54, 1.807) is 54.1 Å². The summed E-state index contributed by atoms with van der Waals surface area (Å²) in [6.45, 7) is 3.86.